The summed E-state index contributed by atoms with van der Waals surface area (Å²) in [6.45, 7) is 1.77. The van der Waals surface area contributed by atoms with Crippen molar-refractivity contribution >= 4 is 22.5 Å². The maximum atomic E-state index is 14.3. The standard InChI is InChI=1S/C20H16FN5O2/c1-11-17(20(28-2)23-10-22-11)13-6-14(8-15(21)7-13)19(27)25-16-5-3-4-12-9-24-26-18(12)16/h3-10H,1-2H3,(H,24,26)(H,25,27). The molecule has 0 bridgehead atoms. The molecule has 0 saturated carbocycles. The van der Waals surface area contributed by atoms with Crippen LogP contribution in [0.5, 0.6) is 5.88 Å². The van der Waals surface area contributed by atoms with Crippen LogP contribution in [0.1, 0.15) is 16.1 Å². The number of nitrogens with one attached hydrogen (secondary N) is 2. The number of fused-ring (bicyclic) bond motifs is 1. The number of halogens is 1. The number of anilines is 1. The van der Waals surface area contributed by atoms with Crippen molar-refractivity contribution in [1.82, 2.24) is 20.2 Å². The molecule has 0 saturated heterocycles. The molecule has 0 spiro atoms. The Labute approximate surface area is 159 Å². The van der Waals surface area contributed by atoms with E-state index in [2.05, 4.69) is 25.5 Å². The molecule has 0 atom stereocenters. The van der Waals surface area contributed by atoms with Crippen LogP contribution in [0.15, 0.2) is 48.9 Å². The van der Waals surface area contributed by atoms with Gasteiger partial charge in [0.1, 0.15) is 12.1 Å². The molecule has 0 aliphatic heterocycles. The number of aromatic nitrogens is 4. The Hall–Kier alpha value is -3.81. The summed E-state index contributed by atoms with van der Waals surface area (Å²) in [7, 11) is 1.48. The van der Waals surface area contributed by atoms with Crippen LogP contribution in [0.2, 0.25) is 0 Å². The van der Waals surface area contributed by atoms with E-state index in [1.807, 2.05) is 6.07 Å². The zero-order chi connectivity index (χ0) is 19.7. The maximum Gasteiger partial charge on any atom is 0.255 e. The van der Waals surface area contributed by atoms with Gasteiger partial charge >= 0.3 is 0 Å². The van der Waals surface area contributed by atoms with E-state index in [4.69, 9.17) is 4.74 Å². The van der Waals surface area contributed by atoms with Crippen LogP contribution in [0, 0.1) is 12.7 Å². The third-order valence-electron chi connectivity index (χ3n) is 4.37. The number of methoxy groups -OCH3 is 1. The molecule has 0 radical (unpaired) electrons. The summed E-state index contributed by atoms with van der Waals surface area (Å²) in [5.41, 5.74) is 3.03. The largest absolute Gasteiger partial charge is 0.480 e. The molecule has 1 amide bonds. The van der Waals surface area contributed by atoms with Crippen molar-refractivity contribution in [3.8, 4) is 17.0 Å². The third kappa shape index (κ3) is 3.16. The zero-order valence-electron chi connectivity index (χ0n) is 15.2. The summed E-state index contributed by atoms with van der Waals surface area (Å²) >= 11 is 0. The lowest BCUT2D eigenvalue weighted by Crippen LogP contribution is -2.13. The van der Waals surface area contributed by atoms with Gasteiger partial charge in [-0.3, -0.25) is 9.89 Å². The first-order valence-corrected chi connectivity index (χ1v) is 8.47. The SMILES string of the molecule is COc1ncnc(C)c1-c1cc(F)cc(C(=O)Nc2cccc3cn[nH]c23)c1. The molecule has 0 fully saturated rings. The average Bonchev–Trinajstić information content (AvgIpc) is 3.17. The van der Waals surface area contributed by atoms with Crippen LogP contribution >= 0.6 is 0 Å². The summed E-state index contributed by atoms with van der Waals surface area (Å²) in [5, 5.41) is 10.5. The van der Waals surface area contributed by atoms with Crippen molar-refractivity contribution in [2.24, 2.45) is 0 Å². The summed E-state index contributed by atoms with van der Waals surface area (Å²) in [4.78, 5) is 21.0. The number of hydrogen-bond acceptors (Lipinski definition) is 5. The van der Waals surface area contributed by atoms with E-state index >= 15 is 0 Å². The van der Waals surface area contributed by atoms with Gasteiger partial charge in [-0.2, -0.15) is 5.10 Å². The van der Waals surface area contributed by atoms with Crippen LogP contribution in [0.3, 0.4) is 0 Å². The number of ether oxygens (including phenoxy) is 1. The number of aryl methyl sites for hydroxylation is 1. The van der Waals surface area contributed by atoms with Crippen molar-refractivity contribution in [3.63, 3.8) is 0 Å². The highest BCUT2D eigenvalue weighted by molar-refractivity contribution is 6.08. The second-order valence-electron chi connectivity index (χ2n) is 6.17. The number of hydrogen-bond donors (Lipinski definition) is 2. The molecular weight excluding hydrogens is 361 g/mol. The molecule has 140 valence electrons. The van der Waals surface area contributed by atoms with E-state index in [-0.39, 0.29) is 5.56 Å². The molecule has 4 rings (SSSR count). The molecule has 28 heavy (non-hydrogen) atoms. The first kappa shape index (κ1) is 17.6. The molecule has 0 unspecified atom stereocenters. The first-order valence-electron chi connectivity index (χ1n) is 8.47. The van der Waals surface area contributed by atoms with Crippen LogP contribution in [-0.2, 0) is 0 Å². The van der Waals surface area contributed by atoms with Crippen LogP contribution in [0.4, 0.5) is 10.1 Å². The monoisotopic (exact) mass is 377 g/mol. The fourth-order valence-corrected chi connectivity index (χ4v) is 3.07. The lowest BCUT2D eigenvalue weighted by Gasteiger charge is -2.12. The number of carbonyl (C=O) groups is 1. The summed E-state index contributed by atoms with van der Waals surface area (Å²) in [6, 6.07) is 9.51. The van der Waals surface area contributed by atoms with E-state index in [0.717, 1.165) is 5.39 Å². The van der Waals surface area contributed by atoms with Crippen molar-refractivity contribution < 1.29 is 13.9 Å². The van der Waals surface area contributed by atoms with Gasteiger partial charge in [0, 0.05) is 10.9 Å². The molecule has 2 heterocycles. The van der Waals surface area contributed by atoms with Gasteiger partial charge in [-0.05, 0) is 36.8 Å². The molecule has 8 heteroatoms. The van der Waals surface area contributed by atoms with E-state index in [0.29, 0.717) is 33.9 Å². The van der Waals surface area contributed by atoms with E-state index in [1.54, 1.807) is 31.3 Å². The highest BCUT2D eigenvalue weighted by Gasteiger charge is 2.17. The van der Waals surface area contributed by atoms with Gasteiger partial charge in [0.05, 0.1) is 35.8 Å². The quantitative estimate of drug-likeness (QED) is 0.565. The Morgan fingerprint density at radius 1 is 1.21 bits per heavy atom. The first-order chi connectivity index (χ1) is 13.6. The van der Waals surface area contributed by atoms with Crippen molar-refractivity contribution in [2.45, 2.75) is 6.92 Å². The fraction of sp³-hybridized carbons (Fsp3) is 0.100. The number of amides is 1. The molecule has 0 aliphatic rings. The zero-order valence-corrected chi connectivity index (χ0v) is 15.2. The maximum absolute atomic E-state index is 14.3. The number of benzene rings is 2. The van der Waals surface area contributed by atoms with Gasteiger partial charge in [0.15, 0.2) is 0 Å². The minimum absolute atomic E-state index is 0.164. The molecule has 2 N–H and O–H groups in total. The van der Waals surface area contributed by atoms with Gasteiger partial charge in [0.2, 0.25) is 5.88 Å². The summed E-state index contributed by atoms with van der Waals surface area (Å²) < 4.78 is 19.6. The van der Waals surface area contributed by atoms with Gasteiger partial charge in [-0.15, -0.1) is 0 Å². The normalized spacial score (nSPS) is 10.8. The molecule has 2 aromatic heterocycles. The van der Waals surface area contributed by atoms with Gasteiger partial charge in [-0.25, -0.2) is 14.4 Å². The molecule has 2 aromatic carbocycles. The van der Waals surface area contributed by atoms with Crippen molar-refractivity contribution in [2.75, 3.05) is 12.4 Å². The Bertz CT molecular complexity index is 1190. The Morgan fingerprint density at radius 3 is 2.89 bits per heavy atom. The van der Waals surface area contributed by atoms with Crippen molar-refractivity contribution in [3.05, 3.63) is 66.0 Å². The van der Waals surface area contributed by atoms with Gasteiger partial charge in [0.25, 0.3) is 5.91 Å². The van der Waals surface area contributed by atoms with Gasteiger partial charge in [-0.1, -0.05) is 12.1 Å². The Kier molecular flexibility index (Phi) is 4.44. The Balaban J connectivity index is 1.73. The van der Waals surface area contributed by atoms with E-state index < -0.39 is 11.7 Å². The minimum Gasteiger partial charge on any atom is -0.480 e. The minimum atomic E-state index is -0.548. The molecule has 4 aromatic rings. The molecule has 7 nitrogen and oxygen atoms in total. The summed E-state index contributed by atoms with van der Waals surface area (Å²) in [6.07, 6.45) is 3.03. The predicted octanol–water partition coefficient (Wildman–Crippen LogP) is 3.73. The number of aromatic amines is 1. The number of H-pyrrole nitrogens is 1. The predicted molar refractivity (Wildman–Crippen MR) is 103 cm³/mol. The lowest BCUT2D eigenvalue weighted by atomic mass is 10.0. The second kappa shape index (κ2) is 7.07. The highest BCUT2D eigenvalue weighted by Crippen LogP contribution is 2.31. The number of carbonyl (C=O) groups excluding carboxylic acids is 1. The number of rotatable bonds is 4. The van der Waals surface area contributed by atoms with Crippen LogP contribution in [0.25, 0.3) is 22.0 Å². The molecular formula is C20H16FN5O2. The number of para-hydroxylation sites is 1. The third-order valence-corrected chi connectivity index (χ3v) is 4.37. The van der Waals surface area contributed by atoms with E-state index in [1.165, 1.54) is 25.6 Å². The second-order valence-corrected chi connectivity index (χ2v) is 6.17. The topological polar surface area (TPSA) is 92.8 Å². The highest BCUT2D eigenvalue weighted by atomic mass is 19.1. The average molecular weight is 377 g/mol. The Morgan fingerprint density at radius 2 is 2.07 bits per heavy atom. The van der Waals surface area contributed by atoms with E-state index in [9.17, 15) is 9.18 Å². The van der Waals surface area contributed by atoms with Crippen molar-refractivity contribution in [1.29, 1.82) is 0 Å². The van der Waals surface area contributed by atoms with Crippen LogP contribution < -0.4 is 10.1 Å². The lowest BCUT2D eigenvalue weighted by molar-refractivity contribution is 0.102. The number of nitrogens with zero attached hydrogens (tertiary/aromatic N) is 3. The summed E-state index contributed by atoms with van der Waals surface area (Å²) in [5.74, 6) is -0.685. The molecule has 0 aliphatic carbocycles. The smallest absolute Gasteiger partial charge is 0.255 e. The van der Waals surface area contributed by atoms with Gasteiger partial charge < -0.3 is 10.1 Å². The fourth-order valence-electron chi connectivity index (χ4n) is 3.07. The van der Waals surface area contributed by atoms with Crippen LogP contribution in [-0.4, -0.2) is 33.2 Å².